The summed E-state index contributed by atoms with van der Waals surface area (Å²) in [5.41, 5.74) is 1.41. The van der Waals surface area contributed by atoms with E-state index in [-0.39, 0.29) is 5.69 Å². The number of anilines is 2. The van der Waals surface area contributed by atoms with Crippen LogP contribution in [-0.4, -0.2) is 58.2 Å². The normalized spacial score (nSPS) is 14.6. The summed E-state index contributed by atoms with van der Waals surface area (Å²) in [6.45, 7) is 2.64. The lowest BCUT2D eigenvalue weighted by Gasteiger charge is -2.33. The Morgan fingerprint density at radius 2 is 1.93 bits per heavy atom. The van der Waals surface area contributed by atoms with Gasteiger partial charge in [-0.1, -0.05) is 6.07 Å². The zero-order valence-electron chi connectivity index (χ0n) is 14.6. The molecule has 2 heterocycles. The van der Waals surface area contributed by atoms with Crippen LogP contribution in [0.1, 0.15) is 5.56 Å². The number of rotatable bonds is 4. The van der Waals surface area contributed by atoms with E-state index in [0.29, 0.717) is 38.4 Å². The van der Waals surface area contributed by atoms with Crippen molar-refractivity contribution in [3.63, 3.8) is 0 Å². The molecule has 2 aromatic rings. The third-order valence-electron chi connectivity index (χ3n) is 4.25. The Morgan fingerprint density at radius 3 is 2.59 bits per heavy atom. The zero-order chi connectivity index (χ0) is 19.2. The quantitative estimate of drug-likeness (QED) is 0.765. The fraction of sp³-hybridized carbons (Fsp3) is 0.278. The van der Waals surface area contributed by atoms with Crippen LogP contribution in [0.15, 0.2) is 42.7 Å². The lowest BCUT2D eigenvalue weighted by molar-refractivity contribution is 0.103. The van der Waals surface area contributed by atoms with Crippen molar-refractivity contribution < 1.29 is 19.1 Å². The molecule has 9 heteroatoms. The topological polar surface area (TPSA) is 97.8 Å². The average molecular weight is 373 g/mol. The summed E-state index contributed by atoms with van der Waals surface area (Å²) in [6.07, 6.45) is 2.16. The fourth-order valence-corrected chi connectivity index (χ4v) is 2.84. The van der Waals surface area contributed by atoms with Gasteiger partial charge in [0, 0.05) is 38.9 Å². The summed E-state index contributed by atoms with van der Waals surface area (Å²) < 4.78 is 14.0. The van der Waals surface area contributed by atoms with E-state index in [1.165, 1.54) is 17.2 Å². The Kier molecular flexibility index (Phi) is 5.82. The van der Waals surface area contributed by atoms with Crippen LogP contribution < -0.4 is 10.6 Å². The number of nitrogens with one attached hydrogen (secondary N) is 2. The van der Waals surface area contributed by atoms with E-state index in [0.717, 1.165) is 5.56 Å². The van der Waals surface area contributed by atoms with E-state index in [9.17, 15) is 14.0 Å². The lowest BCUT2D eigenvalue weighted by Crippen LogP contribution is -2.47. The van der Waals surface area contributed by atoms with Crippen LogP contribution in [0.2, 0.25) is 0 Å². The highest BCUT2D eigenvalue weighted by molar-refractivity contribution is 5.99. The molecule has 1 aliphatic rings. The number of carbonyl (C=O) groups excluding carboxylic acids is 1. The molecule has 1 aromatic carbocycles. The molecule has 142 valence electrons. The van der Waals surface area contributed by atoms with Crippen LogP contribution in [0.5, 0.6) is 0 Å². The van der Waals surface area contributed by atoms with Gasteiger partial charge < -0.3 is 20.6 Å². The van der Waals surface area contributed by atoms with E-state index in [1.807, 2.05) is 0 Å². The minimum absolute atomic E-state index is 0.0815. The smallest absolute Gasteiger partial charge is 0.407 e. The monoisotopic (exact) mass is 373 g/mol. The number of nitrogens with zero attached hydrogens (tertiary/aromatic N) is 3. The molecule has 1 fully saturated rings. The molecule has 1 saturated heterocycles. The molecule has 0 saturated carbocycles. The number of halogens is 1. The van der Waals surface area contributed by atoms with Gasteiger partial charge in [0.05, 0.1) is 17.6 Å². The van der Waals surface area contributed by atoms with Crippen molar-refractivity contribution in [2.75, 3.05) is 36.8 Å². The molecule has 8 nitrogen and oxygen atoms in total. The van der Waals surface area contributed by atoms with Crippen molar-refractivity contribution in [3.8, 4) is 0 Å². The van der Waals surface area contributed by atoms with Crippen molar-refractivity contribution in [2.45, 2.75) is 6.54 Å². The minimum Gasteiger partial charge on any atom is -0.465 e. The summed E-state index contributed by atoms with van der Waals surface area (Å²) in [5, 5.41) is 14.1. The average Bonchev–Trinajstić information content (AvgIpc) is 2.65. The van der Waals surface area contributed by atoms with Crippen LogP contribution in [0, 0.1) is 5.82 Å². The number of hydrogen-bond acceptors (Lipinski definition) is 4. The van der Waals surface area contributed by atoms with Gasteiger partial charge in [-0.2, -0.15) is 0 Å². The molecule has 1 aliphatic heterocycles. The molecule has 0 radical (unpaired) electrons. The Bertz CT molecular complexity index is 810. The highest BCUT2D eigenvalue weighted by Gasteiger charge is 2.20. The molecule has 3 N–H and O–H groups in total. The minimum atomic E-state index is -0.914. The summed E-state index contributed by atoms with van der Waals surface area (Å²) in [4.78, 5) is 30.4. The van der Waals surface area contributed by atoms with Crippen LogP contribution in [0.25, 0.3) is 0 Å². The maximum absolute atomic E-state index is 14.0. The van der Waals surface area contributed by atoms with E-state index in [4.69, 9.17) is 5.11 Å². The third-order valence-corrected chi connectivity index (χ3v) is 4.25. The number of hydrogen-bond donors (Lipinski definition) is 3. The number of urea groups is 1. The molecule has 3 rings (SSSR count). The van der Waals surface area contributed by atoms with Gasteiger partial charge in [0.1, 0.15) is 5.82 Å². The summed E-state index contributed by atoms with van der Waals surface area (Å²) in [6, 6.07) is 7.35. The largest absolute Gasteiger partial charge is 0.465 e. The third kappa shape index (κ3) is 5.14. The molecule has 0 bridgehead atoms. The molecular weight excluding hydrogens is 353 g/mol. The predicted octanol–water partition coefficient (Wildman–Crippen LogP) is 2.66. The van der Waals surface area contributed by atoms with E-state index >= 15 is 0 Å². The Hall–Kier alpha value is -3.20. The van der Waals surface area contributed by atoms with Gasteiger partial charge in [0.2, 0.25) is 0 Å². The number of carboxylic acid groups (broad SMARTS) is 1. The highest BCUT2D eigenvalue weighted by atomic mass is 19.1. The zero-order valence-corrected chi connectivity index (χ0v) is 14.6. The van der Waals surface area contributed by atoms with Gasteiger partial charge in [-0.05, 0) is 29.8 Å². The fourth-order valence-electron chi connectivity index (χ4n) is 2.84. The molecule has 0 spiro atoms. The predicted molar refractivity (Wildman–Crippen MR) is 98.2 cm³/mol. The first-order chi connectivity index (χ1) is 13.0. The number of piperazine rings is 1. The molecule has 0 atom stereocenters. The second-order valence-electron chi connectivity index (χ2n) is 6.18. The molecule has 1 aromatic heterocycles. The highest BCUT2D eigenvalue weighted by Crippen LogP contribution is 2.19. The number of benzene rings is 1. The summed E-state index contributed by atoms with van der Waals surface area (Å²) in [5.74, 6) is -0.532. The maximum Gasteiger partial charge on any atom is 0.407 e. The van der Waals surface area contributed by atoms with Gasteiger partial charge in [0.15, 0.2) is 0 Å². The molecule has 3 amide bonds. The Morgan fingerprint density at radius 1 is 1.15 bits per heavy atom. The van der Waals surface area contributed by atoms with Gasteiger partial charge in [-0.15, -0.1) is 0 Å². The van der Waals surface area contributed by atoms with Gasteiger partial charge in [-0.25, -0.2) is 14.0 Å². The van der Waals surface area contributed by atoms with Crippen molar-refractivity contribution in [2.24, 2.45) is 0 Å². The van der Waals surface area contributed by atoms with Crippen molar-refractivity contribution >= 4 is 23.5 Å². The number of pyridine rings is 1. The molecule has 0 unspecified atom stereocenters. The number of aromatic nitrogens is 1. The van der Waals surface area contributed by atoms with Crippen molar-refractivity contribution in [1.29, 1.82) is 0 Å². The summed E-state index contributed by atoms with van der Waals surface area (Å²) in [7, 11) is 0. The number of amides is 3. The second-order valence-corrected chi connectivity index (χ2v) is 6.18. The first-order valence-electron chi connectivity index (χ1n) is 8.48. The van der Waals surface area contributed by atoms with Crippen LogP contribution in [0.3, 0.4) is 0 Å². The van der Waals surface area contributed by atoms with E-state index in [2.05, 4.69) is 20.5 Å². The van der Waals surface area contributed by atoms with E-state index < -0.39 is 17.9 Å². The Balaban J connectivity index is 1.59. The van der Waals surface area contributed by atoms with Gasteiger partial charge in [0.25, 0.3) is 0 Å². The lowest BCUT2D eigenvalue weighted by atomic mass is 10.1. The molecule has 27 heavy (non-hydrogen) atoms. The van der Waals surface area contributed by atoms with Gasteiger partial charge in [-0.3, -0.25) is 9.88 Å². The number of carbonyl (C=O) groups is 2. The first-order valence-corrected chi connectivity index (χ1v) is 8.48. The van der Waals surface area contributed by atoms with Crippen LogP contribution in [-0.2, 0) is 6.54 Å². The Labute approximate surface area is 155 Å². The SMILES string of the molecule is O=C(Nc1cccnc1)Nc1cc(CN2CCN(C(=O)O)CC2)ccc1F. The molecule has 0 aliphatic carbocycles. The van der Waals surface area contributed by atoms with Crippen LogP contribution >= 0.6 is 0 Å². The molecular formula is C18H20FN5O3. The van der Waals surface area contributed by atoms with Gasteiger partial charge >= 0.3 is 12.1 Å². The summed E-state index contributed by atoms with van der Waals surface area (Å²) >= 11 is 0. The van der Waals surface area contributed by atoms with E-state index in [1.54, 1.807) is 30.5 Å². The second kappa shape index (κ2) is 8.45. The van der Waals surface area contributed by atoms with Crippen molar-refractivity contribution in [3.05, 3.63) is 54.1 Å². The first kappa shape index (κ1) is 18.6. The maximum atomic E-state index is 14.0. The van der Waals surface area contributed by atoms with Crippen molar-refractivity contribution in [1.82, 2.24) is 14.8 Å². The van der Waals surface area contributed by atoms with Crippen LogP contribution in [0.4, 0.5) is 25.4 Å². The standard InChI is InChI=1S/C18H20FN5O3/c19-15-4-3-13(12-23-6-8-24(9-7-23)18(26)27)10-16(15)22-17(25)21-14-2-1-5-20-11-14/h1-5,10-11H,6-9,12H2,(H,26,27)(H2,21,22,25).